The molecule has 0 unspecified atom stereocenters. The summed E-state index contributed by atoms with van der Waals surface area (Å²) in [5.41, 5.74) is 9.15. The van der Waals surface area contributed by atoms with Crippen LogP contribution in [0.25, 0.3) is 16.8 Å². The van der Waals surface area contributed by atoms with Crippen molar-refractivity contribution < 1.29 is 0 Å². The average Bonchev–Trinajstić information content (AvgIpc) is 2.74. The standard InChI is InChI=1S/C28H29N/c1-21(2)28(22(3)4)29(20-24-13-8-6-9-14-24)23(5)26-17-12-18-27(19-26)25-15-10-7-11-16-25/h6-19H,1,5,20H2,2-4H3. The van der Waals surface area contributed by atoms with Crippen LogP contribution in [0.5, 0.6) is 0 Å². The summed E-state index contributed by atoms with van der Waals surface area (Å²) in [5.74, 6) is 0. The quantitative estimate of drug-likeness (QED) is 0.380. The first-order valence-corrected chi connectivity index (χ1v) is 9.97. The zero-order chi connectivity index (χ0) is 20.8. The van der Waals surface area contributed by atoms with Crippen LogP contribution in [0, 0.1) is 0 Å². The molecule has 0 heterocycles. The highest BCUT2D eigenvalue weighted by molar-refractivity contribution is 5.72. The first kappa shape index (κ1) is 20.4. The molecule has 0 saturated heterocycles. The molecule has 0 bridgehead atoms. The lowest BCUT2D eigenvalue weighted by molar-refractivity contribution is 0.486. The fourth-order valence-corrected chi connectivity index (χ4v) is 3.67. The Balaban J connectivity index is 2.03. The van der Waals surface area contributed by atoms with Crippen LogP contribution in [0.2, 0.25) is 0 Å². The van der Waals surface area contributed by atoms with Crippen molar-refractivity contribution >= 4 is 5.70 Å². The summed E-state index contributed by atoms with van der Waals surface area (Å²) < 4.78 is 0. The minimum Gasteiger partial charge on any atom is -0.337 e. The Labute approximate surface area is 175 Å². The van der Waals surface area contributed by atoms with Gasteiger partial charge in [0.05, 0.1) is 0 Å². The second-order valence-corrected chi connectivity index (χ2v) is 7.59. The molecule has 1 heteroatoms. The Bertz CT molecular complexity index is 1020. The van der Waals surface area contributed by atoms with Crippen LogP contribution in [0.3, 0.4) is 0 Å². The summed E-state index contributed by atoms with van der Waals surface area (Å²) in [5, 5.41) is 0. The van der Waals surface area contributed by atoms with Gasteiger partial charge in [0.15, 0.2) is 0 Å². The Morgan fingerprint density at radius 3 is 1.90 bits per heavy atom. The molecule has 0 aromatic heterocycles. The van der Waals surface area contributed by atoms with Crippen LogP contribution in [-0.2, 0) is 6.54 Å². The zero-order valence-electron chi connectivity index (χ0n) is 17.7. The minimum atomic E-state index is 0.753. The molecule has 1 nitrogen and oxygen atoms in total. The first-order chi connectivity index (χ1) is 14.0. The Hall–Kier alpha value is -3.32. The van der Waals surface area contributed by atoms with Crippen LogP contribution in [0.15, 0.2) is 115 Å². The maximum Gasteiger partial charge on any atom is 0.0481 e. The summed E-state index contributed by atoms with van der Waals surface area (Å²) >= 11 is 0. The van der Waals surface area contributed by atoms with Gasteiger partial charge >= 0.3 is 0 Å². The van der Waals surface area contributed by atoms with Gasteiger partial charge in [-0.25, -0.2) is 0 Å². The van der Waals surface area contributed by atoms with Crippen molar-refractivity contribution in [2.24, 2.45) is 0 Å². The molecule has 0 aliphatic rings. The van der Waals surface area contributed by atoms with Gasteiger partial charge in [-0.2, -0.15) is 0 Å². The van der Waals surface area contributed by atoms with Crippen molar-refractivity contribution in [3.63, 3.8) is 0 Å². The van der Waals surface area contributed by atoms with Crippen LogP contribution in [0.1, 0.15) is 31.9 Å². The van der Waals surface area contributed by atoms with Crippen LogP contribution < -0.4 is 0 Å². The molecule has 29 heavy (non-hydrogen) atoms. The molecular formula is C28H29N. The van der Waals surface area contributed by atoms with Gasteiger partial charge < -0.3 is 4.90 Å². The van der Waals surface area contributed by atoms with Crippen molar-refractivity contribution in [2.75, 3.05) is 0 Å². The van der Waals surface area contributed by atoms with Gasteiger partial charge in [0.1, 0.15) is 0 Å². The predicted octanol–water partition coefficient (Wildman–Crippen LogP) is 7.70. The van der Waals surface area contributed by atoms with Crippen LogP contribution >= 0.6 is 0 Å². The summed E-state index contributed by atoms with van der Waals surface area (Å²) in [6.07, 6.45) is 0. The van der Waals surface area contributed by atoms with Gasteiger partial charge in [-0.05, 0) is 54.7 Å². The molecule has 0 spiro atoms. The molecule has 0 fully saturated rings. The molecule has 146 valence electrons. The number of nitrogens with zero attached hydrogens (tertiary/aromatic N) is 1. The van der Waals surface area contributed by atoms with E-state index in [-0.39, 0.29) is 0 Å². The highest BCUT2D eigenvalue weighted by Crippen LogP contribution is 2.31. The minimum absolute atomic E-state index is 0.753. The van der Waals surface area contributed by atoms with E-state index in [0.29, 0.717) is 0 Å². The molecule has 0 amide bonds. The van der Waals surface area contributed by atoms with E-state index in [2.05, 4.69) is 112 Å². The molecule has 3 aromatic carbocycles. The van der Waals surface area contributed by atoms with Crippen molar-refractivity contribution in [2.45, 2.75) is 27.3 Å². The van der Waals surface area contributed by atoms with Gasteiger partial charge in [0.25, 0.3) is 0 Å². The third-order valence-corrected chi connectivity index (χ3v) is 4.96. The largest absolute Gasteiger partial charge is 0.337 e. The lowest BCUT2D eigenvalue weighted by Crippen LogP contribution is -2.22. The monoisotopic (exact) mass is 379 g/mol. The third kappa shape index (κ3) is 4.94. The smallest absolute Gasteiger partial charge is 0.0481 e. The second kappa shape index (κ2) is 9.25. The average molecular weight is 380 g/mol. The maximum absolute atomic E-state index is 4.49. The second-order valence-electron chi connectivity index (χ2n) is 7.59. The summed E-state index contributed by atoms with van der Waals surface area (Å²) in [4.78, 5) is 2.29. The highest BCUT2D eigenvalue weighted by Gasteiger charge is 2.17. The molecule has 3 rings (SSSR count). The fourth-order valence-electron chi connectivity index (χ4n) is 3.67. The molecular weight excluding hydrogens is 350 g/mol. The van der Waals surface area contributed by atoms with E-state index in [1.165, 1.54) is 22.3 Å². The van der Waals surface area contributed by atoms with E-state index in [9.17, 15) is 0 Å². The van der Waals surface area contributed by atoms with Gasteiger partial charge in [0.2, 0.25) is 0 Å². The molecule has 0 radical (unpaired) electrons. The van der Waals surface area contributed by atoms with Gasteiger partial charge in [-0.15, -0.1) is 0 Å². The predicted molar refractivity (Wildman–Crippen MR) is 126 cm³/mol. The summed E-state index contributed by atoms with van der Waals surface area (Å²) in [7, 11) is 0. The zero-order valence-corrected chi connectivity index (χ0v) is 17.7. The van der Waals surface area contributed by atoms with E-state index >= 15 is 0 Å². The molecule has 0 aliphatic carbocycles. The lowest BCUT2D eigenvalue weighted by Gasteiger charge is -2.31. The summed E-state index contributed by atoms with van der Waals surface area (Å²) in [6.45, 7) is 15.8. The molecule has 0 N–H and O–H groups in total. The van der Waals surface area contributed by atoms with E-state index in [1.807, 2.05) is 12.1 Å². The Morgan fingerprint density at radius 2 is 1.31 bits per heavy atom. The fraction of sp³-hybridized carbons (Fsp3) is 0.143. The molecule has 0 aliphatic heterocycles. The van der Waals surface area contributed by atoms with Crippen LogP contribution in [0.4, 0.5) is 0 Å². The van der Waals surface area contributed by atoms with Crippen LogP contribution in [-0.4, -0.2) is 4.90 Å². The highest BCUT2D eigenvalue weighted by atomic mass is 15.1. The third-order valence-electron chi connectivity index (χ3n) is 4.96. The van der Waals surface area contributed by atoms with Crippen molar-refractivity contribution in [3.05, 3.63) is 126 Å². The SMILES string of the molecule is C=C(C)C(=C(C)C)N(Cc1ccccc1)C(=C)c1cccc(-c2ccccc2)c1. The Kier molecular flexibility index (Phi) is 6.51. The van der Waals surface area contributed by atoms with Gasteiger partial charge in [-0.1, -0.05) is 97.6 Å². The number of hydrogen-bond donors (Lipinski definition) is 0. The lowest BCUT2D eigenvalue weighted by atomic mass is 10.00. The van der Waals surface area contributed by atoms with Crippen molar-refractivity contribution in [1.82, 2.24) is 4.90 Å². The number of allylic oxidation sites excluding steroid dienone is 2. The summed E-state index contributed by atoms with van der Waals surface area (Å²) in [6, 6.07) is 29.6. The van der Waals surface area contributed by atoms with E-state index in [0.717, 1.165) is 29.1 Å². The van der Waals surface area contributed by atoms with E-state index < -0.39 is 0 Å². The van der Waals surface area contributed by atoms with Crippen molar-refractivity contribution in [3.8, 4) is 11.1 Å². The normalized spacial score (nSPS) is 10.3. The maximum atomic E-state index is 4.49. The Morgan fingerprint density at radius 1 is 0.724 bits per heavy atom. The number of benzene rings is 3. The van der Waals surface area contributed by atoms with Crippen molar-refractivity contribution in [1.29, 1.82) is 0 Å². The molecule has 0 saturated carbocycles. The van der Waals surface area contributed by atoms with Gasteiger partial charge in [0, 0.05) is 17.9 Å². The first-order valence-electron chi connectivity index (χ1n) is 9.97. The van der Waals surface area contributed by atoms with E-state index in [1.54, 1.807) is 0 Å². The van der Waals surface area contributed by atoms with Gasteiger partial charge in [-0.3, -0.25) is 0 Å². The molecule has 0 atom stereocenters. The topological polar surface area (TPSA) is 3.24 Å². The molecule has 3 aromatic rings. The van der Waals surface area contributed by atoms with E-state index in [4.69, 9.17) is 0 Å². The number of rotatable bonds is 7. The number of hydrogen-bond acceptors (Lipinski definition) is 1.